The summed E-state index contributed by atoms with van der Waals surface area (Å²) in [6, 6.07) is 7.17. The van der Waals surface area contributed by atoms with Crippen molar-refractivity contribution in [1.82, 2.24) is 15.3 Å². The monoisotopic (exact) mass is 440 g/mol. The molecule has 2 heterocycles. The minimum atomic E-state index is -0.906. The van der Waals surface area contributed by atoms with Gasteiger partial charge >= 0.3 is 0 Å². The van der Waals surface area contributed by atoms with E-state index >= 15 is 0 Å². The van der Waals surface area contributed by atoms with Crippen LogP contribution < -0.4 is 26.4 Å². The normalized spacial score (nSPS) is 12.5. The summed E-state index contributed by atoms with van der Waals surface area (Å²) in [5.74, 6) is -3.26. The molecule has 5 N–H and O–H groups in total. The van der Waals surface area contributed by atoms with Crippen molar-refractivity contribution >= 4 is 35.0 Å². The highest BCUT2D eigenvalue weighted by molar-refractivity contribution is 6.00. The number of methoxy groups -OCH3 is 1. The molecule has 0 aliphatic carbocycles. The maximum atomic E-state index is 14.0. The zero-order chi connectivity index (χ0) is 22.8. The van der Waals surface area contributed by atoms with E-state index in [1.54, 1.807) is 18.2 Å². The van der Waals surface area contributed by atoms with Crippen molar-refractivity contribution in [3.63, 3.8) is 0 Å². The first kappa shape index (κ1) is 21.0. The molecule has 9 nitrogen and oxygen atoms in total. The standard InChI is InChI=1S/C21H18F2N6O3/c1-32-17-14(22)7-10(8-15(17)23)27-21-26-9-13(18(24)30)19(29-21)28-16-4-2-3-12-11(16)5-6-25-20(12)31/h2-4,7-9H,5-6H2,1H3,(H2,24,30)(H,25,31)(H2,26,27,28,29). The van der Waals surface area contributed by atoms with E-state index in [1.807, 2.05) is 0 Å². The van der Waals surface area contributed by atoms with Crippen molar-refractivity contribution in [2.75, 3.05) is 24.3 Å². The molecule has 11 heteroatoms. The number of fused-ring (bicyclic) bond motifs is 1. The number of rotatable bonds is 6. The first-order chi connectivity index (χ1) is 15.4. The zero-order valence-corrected chi connectivity index (χ0v) is 16.8. The van der Waals surface area contributed by atoms with Gasteiger partial charge in [-0.2, -0.15) is 4.98 Å². The largest absolute Gasteiger partial charge is 0.491 e. The van der Waals surface area contributed by atoms with E-state index in [2.05, 4.69) is 30.7 Å². The van der Waals surface area contributed by atoms with Crippen LogP contribution in [0.1, 0.15) is 26.3 Å². The SMILES string of the molecule is COc1c(F)cc(Nc2ncc(C(N)=O)c(Nc3cccc4c3CCNC4=O)n2)cc1F. The lowest BCUT2D eigenvalue weighted by Crippen LogP contribution is -2.32. The molecule has 0 unspecified atom stereocenters. The lowest BCUT2D eigenvalue weighted by atomic mass is 9.98. The Kier molecular flexibility index (Phi) is 5.54. The molecule has 0 atom stereocenters. The molecule has 1 aliphatic rings. The quantitative estimate of drug-likeness (QED) is 0.463. The first-order valence-electron chi connectivity index (χ1n) is 9.51. The minimum absolute atomic E-state index is 0.000469. The molecule has 0 fully saturated rings. The van der Waals surface area contributed by atoms with Crippen LogP contribution in [0.3, 0.4) is 0 Å². The fourth-order valence-corrected chi connectivity index (χ4v) is 3.38. The number of hydrogen-bond donors (Lipinski definition) is 4. The van der Waals surface area contributed by atoms with Gasteiger partial charge < -0.3 is 26.4 Å². The van der Waals surface area contributed by atoms with Gasteiger partial charge in [0.25, 0.3) is 11.8 Å². The lowest BCUT2D eigenvalue weighted by molar-refractivity contribution is 0.0944. The number of nitrogens with two attached hydrogens (primary N) is 1. The van der Waals surface area contributed by atoms with E-state index in [9.17, 15) is 18.4 Å². The number of amides is 2. The van der Waals surface area contributed by atoms with Gasteiger partial charge in [-0.3, -0.25) is 9.59 Å². The summed E-state index contributed by atoms with van der Waals surface area (Å²) in [5, 5.41) is 8.48. The third kappa shape index (κ3) is 4.00. The predicted octanol–water partition coefficient (Wildman–Crippen LogP) is 2.64. The van der Waals surface area contributed by atoms with E-state index in [4.69, 9.17) is 5.73 Å². The molecule has 2 amide bonds. The number of halogens is 2. The molecule has 2 aromatic carbocycles. The maximum Gasteiger partial charge on any atom is 0.254 e. The highest BCUT2D eigenvalue weighted by Gasteiger charge is 2.21. The second-order valence-electron chi connectivity index (χ2n) is 6.88. The van der Waals surface area contributed by atoms with Gasteiger partial charge in [-0.15, -0.1) is 0 Å². The Balaban J connectivity index is 1.69. The summed E-state index contributed by atoms with van der Waals surface area (Å²) in [6.07, 6.45) is 1.77. The smallest absolute Gasteiger partial charge is 0.254 e. The van der Waals surface area contributed by atoms with Crippen LogP contribution in [-0.2, 0) is 6.42 Å². The Bertz CT molecular complexity index is 1210. The number of aromatic nitrogens is 2. The van der Waals surface area contributed by atoms with Crippen molar-refractivity contribution in [2.24, 2.45) is 5.73 Å². The van der Waals surface area contributed by atoms with Crippen molar-refractivity contribution in [1.29, 1.82) is 0 Å². The van der Waals surface area contributed by atoms with Gasteiger partial charge in [0, 0.05) is 41.8 Å². The number of carbonyl (C=O) groups excluding carboxylic acids is 2. The third-order valence-corrected chi connectivity index (χ3v) is 4.85. The van der Waals surface area contributed by atoms with Gasteiger partial charge in [0.2, 0.25) is 5.95 Å². The number of nitrogens with zero attached hydrogens (tertiary/aromatic N) is 2. The minimum Gasteiger partial charge on any atom is -0.491 e. The van der Waals surface area contributed by atoms with Crippen LogP contribution in [0.2, 0.25) is 0 Å². The van der Waals surface area contributed by atoms with E-state index in [-0.39, 0.29) is 28.9 Å². The number of anilines is 4. The summed E-state index contributed by atoms with van der Waals surface area (Å²) >= 11 is 0. The fourth-order valence-electron chi connectivity index (χ4n) is 3.38. The van der Waals surface area contributed by atoms with Gasteiger partial charge in [-0.1, -0.05) is 6.07 Å². The summed E-state index contributed by atoms with van der Waals surface area (Å²) in [4.78, 5) is 32.2. The Morgan fingerprint density at radius 2 is 1.97 bits per heavy atom. The summed E-state index contributed by atoms with van der Waals surface area (Å²) in [5.41, 5.74) is 7.33. The third-order valence-electron chi connectivity index (χ3n) is 4.85. The number of nitrogens with one attached hydrogen (secondary N) is 3. The molecular weight excluding hydrogens is 422 g/mol. The van der Waals surface area contributed by atoms with Crippen molar-refractivity contribution in [3.05, 3.63) is 64.9 Å². The van der Waals surface area contributed by atoms with Crippen LogP contribution in [0.25, 0.3) is 0 Å². The average molecular weight is 440 g/mol. The highest BCUT2D eigenvalue weighted by Crippen LogP contribution is 2.29. The molecule has 0 spiro atoms. The molecule has 1 aliphatic heterocycles. The molecule has 32 heavy (non-hydrogen) atoms. The van der Waals surface area contributed by atoms with Crippen LogP contribution in [0, 0.1) is 11.6 Å². The number of primary amides is 1. The molecule has 0 saturated carbocycles. The first-order valence-corrected chi connectivity index (χ1v) is 9.51. The number of benzene rings is 2. The van der Waals surface area contributed by atoms with E-state index in [1.165, 1.54) is 6.20 Å². The molecule has 3 aromatic rings. The second kappa shape index (κ2) is 8.46. The van der Waals surface area contributed by atoms with Gasteiger partial charge in [-0.25, -0.2) is 13.8 Å². The van der Waals surface area contributed by atoms with E-state index in [0.29, 0.717) is 24.2 Å². The summed E-state index contributed by atoms with van der Waals surface area (Å²) in [7, 11) is 1.16. The van der Waals surface area contributed by atoms with Gasteiger partial charge in [-0.05, 0) is 24.1 Å². The average Bonchev–Trinajstić information content (AvgIpc) is 2.74. The highest BCUT2D eigenvalue weighted by atomic mass is 19.1. The van der Waals surface area contributed by atoms with Gasteiger partial charge in [0.1, 0.15) is 11.4 Å². The van der Waals surface area contributed by atoms with Crippen LogP contribution in [-0.4, -0.2) is 35.4 Å². The fraction of sp³-hybridized carbons (Fsp3) is 0.143. The molecule has 0 radical (unpaired) electrons. The topological polar surface area (TPSA) is 131 Å². The van der Waals surface area contributed by atoms with Gasteiger partial charge in [0.15, 0.2) is 17.4 Å². The van der Waals surface area contributed by atoms with E-state index in [0.717, 1.165) is 24.8 Å². The predicted molar refractivity (Wildman–Crippen MR) is 113 cm³/mol. The van der Waals surface area contributed by atoms with Gasteiger partial charge in [0.05, 0.1) is 7.11 Å². The Morgan fingerprint density at radius 3 is 2.66 bits per heavy atom. The van der Waals surface area contributed by atoms with Crippen molar-refractivity contribution in [3.8, 4) is 5.75 Å². The Hall–Kier alpha value is -4.28. The van der Waals surface area contributed by atoms with Crippen LogP contribution in [0.5, 0.6) is 5.75 Å². The number of hydrogen-bond acceptors (Lipinski definition) is 7. The Morgan fingerprint density at radius 1 is 1.22 bits per heavy atom. The molecule has 4 rings (SSSR count). The number of carbonyl (C=O) groups is 2. The molecule has 0 bridgehead atoms. The number of ether oxygens (including phenoxy) is 1. The second-order valence-corrected chi connectivity index (χ2v) is 6.88. The van der Waals surface area contributed by atoms with Crippen LogP contribution >= 0.6 is 0 Å². The summed E-state index contributed by atoms with van der Waals surface area (Å²) < 4.78 is 32.6. The van der Waals surface area contributed by atoms with E-state index < -0.39 is 23.3 Å². The van der Waals surface area contributed by atoms with Crippen LogP contribution in [0.4, 0.5) is 31.9 Å². The Labute approximate surface area is 181 Å². The molecular formula is C21H18F2N6O3. The lowest BCUT2D eigenvalue weighted by Gasteiger charge is -2.20. The molecule has 0 saturated heterocycles. The van der Waals surface area contributed by atoms with Crippen LogP contribution in [0.15, 0.2) is 36.5 Å². The van der Waals surface area contributed by atoms with Crippen molar-refractivity contribution in [2.45, 2.75) is 6.42 Å². The zero-order valence-electron chi connectivity index (χ0n) is 16.8. The summed E-state index contributed by atoms with van der Waals surface area (Å²) in [6.45, 7) is 0.471. The molecule has 164 valence electrons. The maximum absolute atomic E-state index is 14.0. The molecule has 1 aromatic heterocycles. The van der Waals surface area contributed by atoms with Crippen molar-refractivity contribution < 1.29 is 23.1 Å².